The van der Waals surface area contributed by atoms with Crippen LogP contribution < -0.4 is 4.74 Å². The maximum atomic E-state index is 11.9. The molecule has 4 heteroatoms. The summed E-state index contributed by atoms with van der Waals surface area (Å²) in [6, 6.07) is 7.75. The van der Waals surface area contributed by atoms with Crippen molar-refractivity contribution in [3.63, 3.8) is 0 Å². The normalized spacial score (nSPS) is 10.8. The van der Waals surface area contributed by atoms with Crippen molar-refractivity contribution >= 4 is 21.7 Å². The van der Waals surface area contributed by atoms with Crippen LogP contribution in [0.25, 0.3) is 0 Å². The number of aromatic nitrogens is 1. The van der Waals surface area contributed by atoms with Gasteiger partial charge in [-0.05, 0) is 29.8 Å². The molecule has 0 spiro atoms. The number of ketones is 1. The first kappa shape index (κ1) is 14.9. The Morgan fingerprint density at radius 3 is 2.75 bits per heavy atom. The van der Waals surface area contributed by atoms with Gasteiger partial charge in [-0.3, -0.25) is 4.79 Å². The molecule has 0 N–H and O–H groups in total. The zero-order valence-electron chi connectivity index (χ0n) is 11.9. The second-order valence-corrected chi connectivity index (χ2v) is 5.90. The predicted octanol–water partition coefficient (Wildman–Crippen LogP) is 4.15. The summed E-state index contributed by atoms with van der Waals surface area (Å²) in [5.74, 6) is 1.02. The topological polar surface area (TPSA) is 31.2 Å². The minimum absolute atomic E-state index is 0.0226. The van der Waals surface area contributed by atoms with E-state index in [9.17, 15) is 4.79 Å². The fourth-order valence-corrected chi connectivity index (χ4v) is 2.39. The molecule has 20 heavy (non-hydrogen) atoms. The lowest BCUT2D eigenvalue weighted by atomic mass is 10.0. The van der Waals surface area contributed by atoms with E-state index in [1.165, 1.54) is 0 Å². The molecule has 106 valence electrons. The lowest BCUT2D eigenvalue weighted by molar-refractivity contribution is 0.0939. The van der Waals surface area contributed by atoms with Crippen LogP contribution in [0.15, 0.2) is 41.1 Å². The highest BCUT2D eigenvalue weighted by Crippen LogP contribution is 2.23. The SMILES string of the molecule is COc1ccc(Br)c(Cn2ccc(C(=O)C(C)C)c2)c1. The molecule has 0 atom stereocenters. The third kappa shape index (κ3) is 3.31. The Morgan fingerprint density at radius 1 is 1.35 bits per heavy atom. The molecule has 0 bridgehead atoms. The lowest BCUT2D eigenvalue weighted by Crippen LogP contribution is -2.06. The second-order valence-electron chi connectivity index (χ2n) is 5.05. The molecule has 0 aliphatic carbocycles. The molecular formula is C16H18BrNO2. The van der Waals surface area contributed by atoms with Crippen LogP contribution in [0.3, 0.4) is 0 Å². The number of hydrogen-bond acceptors (Lipinski definition) is 2. The summed E-state index contributed by atoms with van der Waals surface area (Å²) in [5.41, 5.74) is 1.88. The van der Waals surface area contributed by atoms with Crippen LogP contribution in [0, 0.1) is 5.92 Å². The first-order valence-electron chi connectivity index (χ1n) is 6.53. The number of rotatable bonds is 5. The Labute approximate surface area is 127 Å². The van der Waals surface area contributed by atoms with Crippen LogP contribution in [0.2, 0.25) is 0 Å². The van der Waals surface area contributed by atoms with E-state index < -0.39 is 0 Å². The number of carbonyl (C=O) groups is 1. The van der Waals surface area contributed by atoms with Crippen molar-refractivity contribution in [3.8, 4) is 5.75 Å². The van der Waals surface area contributed by atoms with Crippen LogP contribution in [0.4, 0.5) is 0 Å². The van der Waals surface area contributed by atoms with Crippen molar-refractivity contribution in [1.82, 2.24) is 4.57 Å². The standard InChI is InChI=1S/C16H18BrNO2/c1-11(2)16(19)12-6-7-18(9-12)10-13-8-14(20-3)4-5-15(13)17/h4-9,11H,10H2,1-3H3. The zero-order valence-corrected chi connectivity index (χ0v) is 13.5. The minimum atomic E-state index is 0.0226. The molecule has 3 nitrogen and oxygen atoms in total. The van der Waals surface area contributed by atoms with E-state index in [1.54, 1.807) is 7.11 Å². The Bertz CT molecular complexity index is 617. The number of methoxy groups -OCH3 is 1. The van der Waals surface area contributed by atoms with Crippen LogP contribution in [-0.4, -0.2) is 17.5 Å². The second kappa shape index (κ2) is 6.27. The average molecular weight is 336 g/mol. The highest BCUT2D eigenvalue weighted by Gasteiger charge is 2.12. The highest BCUT2D eigenvalue weighted by atomic mass is 79.9. The third-order valence-corrected chi connectivity index (χ3v) is 3.94. The van der Waals surface area contributed by atoms with Gasteiger partial charge in [0.25, 0.3) is 0 Å². The lowest BCUT2D eigenvalue weighted by Gasteiger charge is -2.08. The predicted molar refractivity (Wildman–Crippen MR) is 83.4 cm³/mol. The number of halogens is 1. The maximum Gasteiger partial charge on any atom is 0.166 e. The van der Waals surface area contributed by atoms with E-state index in [0.717, 1.165) is 21.3 Å². The molecule has 2 rings (SSSR count). The van der Waals surface area contributed by atoms with Crippen molar-refractivity contribution in [1.29, 1.82) is 0 Å². The smallest absolute Gasteiger partial charge is 0.166 e. The van der Waals surface area contributed by atoms with Gasteiger partial charge in [-0.15, -0.1) is 0 Å². The fraction of sp³-hybridized carbons (Fsp3) is 0.312. The molecule has 0 saturated carbocycles. The van der Waals surface area contributed by atoms with E-state index >= 15 is 0 Å². The minimum Gasteiger partial charge on any atom is -0.497 e. The van der Waals surface area contributed by atoms with Crippen molar-refractivity contribution in [2.75, 3.05) is 7.11 Å². The van der Waals surface area contributed by atoms with Crippen LogP contribution in [0.5, 0.6) is 5.75 Å². The molecule has 1 aromatic carbocycles. The summed E-state index contributed by atoms with van der Waals surface area (Å²) in [6.45, 7) is 4.53. The quantitative estimate of drug-likeness (QED) is 0.768. The van der Waals surface area contributed by atoms with Gasteiger partial charge < -0.3 is 9.30 Å². The summed E-state index contributed by atoms with van der Waals surface area (Å²) >= 11 is 3.54. The molecule has 0 unspecified atom stereocenters. The summed E-state index contributed by atoms with van der Waals surface area (Å²) in [4.78, 5) is 11.9. The Hall–Kier alpha value is -1.55. The molecule has 1 heterocycles. The Kier molecular flexibility index (Phi) is 4.65. The van der Waals surface area contributed by atoms with E-state index in [1.807, 2.05) is 55.1 Å². The molecule has 0 aliphatic rings. The van der Waals surface area contributed by atoms with Crippen molar-refractivity contribution < 1.29 is 9.53 Å². The van der Waals surface area contributed by atoms with Gasteiger partial charge in [0.05, 0.1) is 7.11 Å². The van der Waals surface area contributed by atoms with Gasteiger partial charge in [0.1, 0.15) is 5.75 Å². The summed E-state index contributed by atoms with van der Waals surface area (Å²) in [6.07, 6.45) is 3.83. The highest BCUT2D eigenvalue weighted by molar-refractivity contribution is 9.10. The molecule has 0 aliphatic heterocycles. The molecule has 0 fully saturated rings. The Morgan fingerprint density at radius 2 is 2.10 bits per heavy atom. The Balaban J connectivity index is 2.20. The van der Waals surface area contributed by atoms with Crippen LogP contribution in [-0.2, 0) is 6.54 Å². The number of Topliss-reactive ketones (excluding diaryl/α,β-unsaturated/α-hetero) is 1. The number of benzene rings is 1. The van der Waals surface area contributed by atoms with Crippen LogP contribution >= 0.6 is 15.9 Å². The molecule has 0 saturated heterocycles. The summed E-state index contributed by atoms with van der Waals surface area (Å²) < 4.78 is 8.28. The van der Waals surface area contributed by atoms with E-state index in [0.29, 0.717) is 6.54 Å². The largest absolute Gasteiger partial charge is 0.497 e. The number of hydrogen-bond donors (Lipinski definition) is 0. The molecule has 1 aromatic heterocycles. The van der Waals surface area contributed by atoms with E-state index in [-0.39, 0.29) is 11.7 Å². The fourth-order valence-electron chi connectivity index (χ4n) is 2.01. The van der Waals surface area contributed by atoms with E-state index in [4.69, 9.17) is 4.74 Å². The molecule has 0 radical (unpaired) electrons. The van der Waals surface area contributed by atoms with Crippen LogP contribution in [0.1, 0.15) is 29.8 Å². The maximum absolute atomic E-state index is 11.9. The molecular weight excluding hydrogens is 318 g/mol. The average Bonchev–Trinajstić information content (AvgIpc) is 2.88. The molecule has 2 aromatic rings. The van der Waals surface area contributed by atoms with Crippen molar-refractivity contribution in [2.45, 2.75) is 20.4 Å². The van der Waals surface area contributed by atoms with Gasteiger partial charge in [0.2, 0.25) is 0 Å². The van der Waals surface area contributed by atoms with Crippen molar-refractivity contribution in [2.24, 2.45) is 5.92 Å². The van der Waals surface area contributed by atoms with Gasteiger partial charge in [-0.1, -0.05) is 29.8 Å². The monoisotopic (exact) mass is 335 g/mol. The van der Waals surface area contributed by atoms with Gasteiger partial charge >= 0.3 is 0 Å². The van der Waals surface area contributed by atoms with Gasteiger partial charge in [0, 0.05) is 34.9 Å². The summed E-state index contributed by atoms with van der Waals surface area (Å²) in [7, 11) is 1.65. The number of ether oxygens (including phenoxy) is 1. The first-order chi connectivity index (χ1) is 9.51. The van der Waals surface area contributed by atoms with E-state index in [2.05, 4.69) is 15.9 Å². The van der Waals surface area contributed by atoms with Gasteiger partial charge in [-0.2, -0.15) is 0 Å². The number of carbonyl (C=O) groups excluding carboxylic acids is 1. The number of nitrogens with zero attached hydrogens (tertiary/aromatic N) is 1. The summed E-state index contributed by atoms with van der Waals surface area (Å²) in [5, 5.41) is 0. The zero-order chi connectivity index (χ0) is 14.7. The third-order valence-electron chi connectivity index (χ3n) is 3.17. The van der Waals surface area contributed by atoms with Gasteiger partial charge in [0.15, 0.2) is 5.78 Å². The van der Waals surface area contributed by atoms with Crippen molar-refractivity contribution in [3.05, 3.63) is 52.3 Å². The molecule has 0 amide bonds. The van der Waals surface area contributed by atoms with Gasteiger partial charge in [-0.25, -0.2) is 0 Å². The first-order valence-corrected chi connectivity index (χ1v) is 7.33.